The van der Waals surface area contributed by atoms with Crippen molar-refractivity contribution in [1.29, 1.82) is 0 Å². The van der Waals surface area contributed by atoms with Gasteiger partial charge in [-0.05, 0) is 19.3 Å². The van der Waals surface area contributed by atoms with Crippen molar-refractivity contribution in [3.63, 3.8) is 0 Å². The zero-order valence-corrected chi connectivity index (χ0v) is 13.4. The van der Waals surface area contributed by atoms with Gasteiger partial charge in [-0.15, -0.1) is 0 Å². The van der Waals surface area contributed by atoms with Crippen LogP contribution in [0.15, 0.2) is 12.7 Å². The first-order chi connectivity index (χ1) is 12.1. The smallest absolute Gasteiger partial charge is 0.167 e. The molecule has 0 spiro atoms. The van der Waals surface area contributed by atoms with E-state index in [2.05, 4.69) is 20.3 Å². The molecule has 0 aromatic carbocycles. The van der Waals surface area contributed by atoms with Crippen LogP contribution in [0.2, 0.25) is 0 Å². The summed E-state index contributed by atoms with van der Waals surface area (Å²) in [6.07, 6.45) is 0.768. The maximum atomic E-state index is 10.2. The van der Waals surface area contributed by atoms with E-state index in [9.17, 15) is 20.4 Å². The van der Waals surface area contributed by atoms with Crippen molar-refractivity contribution in [3.8, 4) is 0 Å². The zero-order chi connectivity index (χ0) is 17.6. The van der Waals surface area contributed by atoms with E-state index < -0.39 is 37.3 Å². The van der Waals surface area contributed by atoms with E-state index in [0.717, 1.165) is 19.3 Å². The Kier molecular flexibility index (Phi) is 4.29. The van der Waals surface area contributed by atoms with Crippen LogP contribution in [0.1, 0.15) is 25.5 Å². The average molecular weight is 353 g/mol. The van der Waals surface area contributed by atoms with Crippen LogP contribution in [-0.4, -0.2) is 77.0 Å². The van der Waals surface area contributed by atoms with Crippen LogP contribution in [0, 0.1) is 0 Å². The summed E-state index contributed by atoms with van der Waals surface area (Å²) < 4.78 is 7.04. The van der Waals surface area contributed by atoms with Crippen LogP contribution in [0.4, 0.5) is 5.82 Å². The molecule has 3 heterocycles. The molecule has 2 aliphatic rings. The van der Waals surface area contributed by atoms with E-state index in [1.165, 1.54) is 17.2 Å². The van der Waals surface area contributed by atoms with E-state index in [1.807, 2.05) is 0 Å². The van der Waals surface area contributed by atoms with Gasteiger partial charge < -0.3 is 30.5 Å². The highest BCUT2D eigenvalue weighted by Crippen LogP contribution is 2.32. The number of rotatable bonds is 4. The predicted molar refractivity (Wildman–Crippen MR) is 85.6 cm³/mol. The Bertz CT molecular complexity index is 755. The minimum atomic E-state index is -1.21. The van der Waals surface area contributed by atoms with Crippen molar-refractivity contribution < 1.29 is 25.2 Å². The van der Waals surface area contributed by atoms with Gasteiger partial charge in [0.05, 0.1) is 25.1 Å². The molecule has 25 heavy (non-hydrogen) atoms. The number of aliphatic hydroxyl groups is 4. The maximum absolute atomic E-state index is 10.2. The highest BCUT2D eigenvalue weighted by Gasteiger charge is 2.44. The number of hydrogen-bond donors (Lipinski definition) is 5. The fraction of sp³-hybridized carbons (Fsp3) is 0.667. The Morgan fingerprint density at radius 2 is 2.08 bits per heavy atom. The first kappa shape index (κ1) is 16.6. The molecule has 6 atom stereocenters. The molecule has 0 amide bonds. The van der Waals surface area contributed by atoms with Gasteiger partial charge in [-0.2, -0.15) is 0 Å². The van der Waals surface area contributed by atoms with Gasteiger partial charge in [0.1, 0.15) is 24.6 Å². The lowest BCUT2D eigenvalue weighted by atomic mass is 10.1. The second-order valence-electron chi connectivity index (χ2n) is 6.52. The molecule has 4 rings (SSSR count). The number of anilines is 1. The summed E-state index contributed by atoms with van der Waals surface area (Å²) in [7, 11) is 0. The van der Waals surface area contributed by atoms with Crippen LogP contribution >= 0.6 is 0 Å². The molecule has 0 radical (unpaired) electrons. The molecule has 0 unspecified atom stereocenters. The minimum Gasteiger partial charge on any atom is -0.394 e. The van der Waals surface area contributed by atoms with Crippen LogP contribution in [0.5, 0.6) is 0 Å². The van der Waals surface area contributed by atoms with Gasteiger partial charge in [-0.25, -0.2) is 15.0 Å². The zero-order valence-electron chi connectivity index (χ0n) is 13.4. The second kappa shape index (κ2) is 6.46. The Balaban J connectivity index is 1.65. The number of nitrogens with zero attached hydrogens (tertiary/aromatic N) is 4. The third kappa shape index (κ3) is 2.75. The van der Waals surface area contributed by atoms with Crippen molar-refractivity contribution in [2.75, 3.05) is 11.9 Å². The molecule has 2 aromatic rings. The van der Waals surface area contributed by atoms with Crippen molar-refractivity contribution >= 4 is 17.0 Å². The molecule has 1 aliphatic heterocycles. The number of fused-ring (bicyclic) bond motifs is 1. The van der Waals surface area contributed by atoms with Gasteiger partial charge >= 0.3 is 0 Å². The first-order valence-corrected chi connectivity index (χ1v) is 8.34. The first-order valence-electron chi connectivity index (χ1n) is 8.34. The minimum absolute atomic E-state index is 0.0860. The molecule has 2 fully saturated rings. The third-order valence-corrected chi connectivity index (χ3v) is 4.95. The summed E-state index contributed by atoms with van der Waals surface area (Å²) >= 11 is 0. The van der Waals surface area contributed by atoms with Crippen LogP contribution in [0.25, 0.3) is 11.2 Å². The molecule has 10 heteroatoms. The largest absolute Gasteiger partial charge is 0.394 e. The molecular formula is C15H21N5O5. The number of aliphatic hydroxyl groups excluding tert-OH is 4. The predicted octanol–water partition coefficient (Wildman–Crippen LogP) is -1.24. The third-order valence-electron chi connectivity index (χ3n) is 4.95. The lowest BCUT2D eigenvalue weighted by Gasteiger charge is -2.18. The molecule has 2 aromatic heterocycles. The topological polar surface area (TPSA) is 146 Å². The van der Waals surface area contributed by atoms with Crippen molar-refractivity contribution in [2.24, 2.45) is 0 Å². The van der Waals surface area contributed by atoms with Gasteiger partial charge in [0.2, 0.25) is 0 Å². The Labute approximate surface area is 143 Å². The Morgan fingerprint density at radius 3 is 2.76 bits per heavy atom. The SMILES string of the molecule is OC[C@H]1O[C@@H](n2[14cH]nc3c(N[C@H]4CCC[C@@H]4O)ncnc32)[C@H](O)[C@@H]1O. The molecule has 0 bridgehead atoms. The summed E-state index contributed by atoms with van der Waals surface area (Å²) in [6, 6.07) is -0.0860. The van der Waals surface area contributed by atoms with Crippen molar-refractivity contribution in [3.05, 3.63) is 12.7 Å². The van der Waals surface area contributed by atoms with E-state index >= 15 is 0 Å². The monoisotopic (exact) mass is 353 g/mol. The highest BCUT2D eigenvalue weighted by atomic mass is 16.6. The number of imidazole rings is 1. The van der Waals surface area contributed by atoms with Gasteiger partial charge in [0, 0.05) is 0 Å². The maximum Gasteiger partial charge on any atom is 0.167 e. The number of nitrogens with one attached hydrogen (secondary N) is 1. The molecule has 1 saturated carbocycles. The molecule has 1 aliphatic carbocycles. The molecule has 5 N–H and O–H groups in total. The van der Waals surface area contributed by atoms with Crippen LogP contribution in [0.3, 0.4) is 0 Å². The fourth-order valence-electron chi connectivity index (χ4n) is 3.54. The van der Waals surface area contributed by atoms with Crippen molar-refractivity contribution in [1.82, 2.24) is 19.5 Å². The van der Waals surface area contributed by atoms with Gasteiger partial charge in [0.15, 0.2) is 23.2 Å². The lowest BCUT2D eigenvalue weighted by molar-refractivity contribution is -0.0511. The number of ether oxygens (including phenoxy) is 1. The summed E-state index contributed by atoms with van der Waals surface area (Å²) in [5.74, 6) is 0.501. The summed E-state index contributed by atoms with van der Waals surface area (Å²) in [5.41, 5.74) is 0.916. The Morgan fingerprint density at radius 1 is 1.24 bits per heavy atom. The van der Waals surface area contributed by atoms with Crippen LogP contribution in [-0.2, 0) is 4.74 Å². The van der Waals surface area contributed by atoms with Gasteiger partial charge in [-0.3, -0.25) is 4.57 Å². The average Bonchev–Trinajstić information content (AvgIpc) is 3.29. The summed E-state index contributed by atoms with van der Waals surface area (Å²) in [5, 5.41) is 42.6. The molecule has 136 valence electrons. The molecule has 1 saturated heterocycles. The van der Waals surface area contributed by atoms with E-state index in [1.54, 1.807) is 0 Å². The quantitative estimate of drug-likeness (QED) is 0.455. The number of aromatic nitrogens is 4. The molecule has 10 nitrogen and oxygen atoms in total. The van der Waals surface area contributed by atoms with Crippen LogP contribution < -0.4 is 5.32 Å². The second-order valence-corrected chi connectivity index (χ2v) is 6.52. The summed E-state index contributed by atoms with van der Waals surface area (Å²) in [6.45, 7) is -0.400. The van der Waals surface area contributed by atoms with E-state index in [-0.39, 0.29) is 6.04 Å². The molecular weight excluding hydrogens is 332 g/mol. The van der Waals surface area contributed by atoms with E-state index in [0.29, 0.717) is 17.0 Å². The van der Waals surface area contributed by atoms with E-state index in [4.69, 9.17) is 4.74 Å². The van der Waals surface area contributed by atoms with Crippen molar-refractivity contribution in [2.45, 2.75) is 55.9 Å². The highest BCUT2D eigenvalue weighted by molar-refractivity contribution is 5.82. The summed E-state index contributed by atoms with van der Waals surface area (Å²) in [4.78, 5) is 12.7. The lowest BCUT2D eigenvalue weighted by Crippen LogP contribution is -2.33. The normalized spacial score (nSPS) is 35.5. The fourth-order valence-corrected chi connectivity index (χ4v) is 3.54. The van der Waals surface area contributed by atoms with Gasteiger partial charge in [0.25, 0.3) is 0 Å². The number of hydrogen-bond acceptors (Lipinski definition) is 9. The Hall–Kier alpha value is -1.85. The standard InChI is InChI=1S/C15H21N5O5/c21-4-9-11(23)12(24)15(25-9)20-6-18-10-13(16-5-17-14(10)20)19-7-2-1-3-8(7)22/h5-9,11-12,15,21-24H,1-4H2,(H,16,17,19)/t7-,8-,9+,11+,12+,15+/m0/s1/i6+2. The van der Waals surface area contributed by atoms with Gasteiger partial charge in [-0.1, -0.05) is 0 Å².